The molecule has 0 radical (unpaired) electrons. The maximum absolute atomic E-state index is 12.3. The van der Waals surface area contributed by atoms with Gasteiger partial charge in [-0.05, 0) is 18.2 Å². The number of nitrogens with zero attached hydrogens (tertiary/aromatic N) is 2. The molecule has 0 aliphatic carbocycles. The minimum absolute atomic E-state index is 0.0581. The quantitative estimate of drug-likeness (QED) is 0.774. The highest BCUT2D eigenvalue weighted by atomic mass is 35.5. The van der Waals surface area contributed by atoms with E-state index in [1.54, 1.807) is 13.4 Å². The Morgan fingerprint density at radius 1 is 1.20 bits per heavy atom. The molecule has 5 nitrogen and oxygen atoms in total. The van der Waals surface area contributed by atoms with Crippen molar-refractivity contribution < 1.29 is 9.53 Å². The molecule has 1 aliphatic heterocycles. The van der Waals surface area contributed by atoms with Gasteiger partial charge in [0.2, 0.25) is 5.91 Å². The van der Waals surface area contributed by atoms with Crippen molar-refractivity contribution in [1.29, 1.82) is 0 Å². The lowest BCUT2D eigenvalue weighted by molar-refractivity contribution is -0.116. The van der Waals surface area contributed by atoms with Gasteiger partial charge in [0.1, 0.15) is 17.9 Å². The van der Waals surface area contributed by atoms with Gasteiger partial charge in [-0.25, -0.2) is 4.98 Å². The number of anilines is 1. The smallest absolute Gasteiger partial charge is 0.226 e. The third-order valence-corrected chi connectivity index (χ3v) is 4.72. The van der Waals surface area contributed by atoms with E-state index >= 15 is 0 Å². The number of hydrogen-bond donors (Lipinski definition) is 1. The number of para-hydroxylation sites is 2. The number of carbonyl (C=O) groups excluding carboxylic acids is 1. The molecule has 3 aromatic rings. The molecule has 0 saturated heterocycles. The van der Waals surface area contributed by atoms with Gasteiger partial charge in [-0.3, -0.25) is 9.36 Å². The Bertz CT molecular complexity index is 951. The van der Waals surface area contributed by atoms with Crippen molar-refractivity contribution in [3.05, 3.63) is 71.1 Å². The van der Waals surface area contributed by atoms with E-state index in [2.05, 4.69) is 10.3 Å². The van der Waals surface area contributed by atoms with Gasteiger partial charge in [-0.2, -0.15) is 0 Å². The number of nitrogens with one attached hydrogen (secondary N) is 1. The van der Waals surface area contributed by atoms with Crippen LogP contribution < -0.4 is 10.1 Å². The first-order valence-corrected chi connectivity index (χ1v) is 8.31. The molecule has 0 spiro atoms. The minimum Gasteiger partial charge on any atom is -0.496 e. The van der Waals surface area contributed by atoms with Gasteiger partial charge < -0.3 is 10.1 Å². The summed E-state index contributed by atoms with van der Waals surface area (Å²) in [6, 6.07) is 15.2. The first kappa shape index (κ1) is 15.7. The van der Waals surface area contributed by atoms with Crippen molar-refractivity contribution in [1.82, 2.24) is 9.55 Å². The molecule has 4 rings (SSSR count). The van der Waals surface area contributed by atoms with Crippen LogP contribution in [0.3, 0.4) is 0 Å². The standard InChI is InChI=1S/C19H16ClN3O2/c1-25-16-9-5-2-6-12(16)13-10-17(24)22-19-18(13)21-11-23(19)15-8-4-3-7-14(15)20/h2-9,11,13H,10H2,1H3,(H,22,24). The van der Waals surface area contributed by atoms with Crippen molar-refractivity contribution >= 4 is 23.3 Å². The average molecular weight is 354 g/mol. The number of imidazole rings is 1. The van der Waals surface area contributed by atoms with E-state index in [-0.39, 0.29) is 11.8 Å². The van der Waals surface area contributed by atoms with Crippen molar-refractivity contribution in [2.45, 2.75) is 12.3 Å². The fraction of sp³-hybridized carbons (Fsp3) is 0.158. The van der Waals surface area contributed by atoms with E-state index in [9.17, 15) is 4.79 Å². The Labute approximate surface area is 150 Å². The van der Waals surface area contributed by atoms with Crippen LogP contribution in [0.5, 0.6) is 5.75 Å². The molecule has 6 heteroatoms. The second-order valence-corrected chi connectivity index (χ2v) is 6.25. The van der Waals surface area contributed by atoms with Crippen LogP contribution in [-0.4, -0.2) is 22.6 Å². The molecule has 1 N–H and O–H groups in total. The molecule has 0 saturated carbocycles. The summed E-state index contributed by atoms with van der Waals surface area (Å²) in [5.74, 6) is 1.18. The topological polar surface area (TPSA) is 56.1 Å². The van der Waals surface area contributed by atoms with Gasteiger partial charge in [-0.15, -0.1) is 0 Å². The largest absolute Gasteiger partial charge is 0.496 e. The fourth-order valence-electron chi connectivity index (χ4n) is 3.25. The number of hydrogen-bond acceptors (Lipinski definition) is 3. The molecule has 1 aromatic heterocycles. The van der Waals surface area contributed by atoms with E-state index in [4.69, 9.17) is 16.3 Å². The number of rotatable bonds is 3. The van der Waals surface area contributed by atoms with E-state index in [1.165, 1.54) is 0 Å². The maximum Gasteiger partial charge on any atom is 0.226 e. The zero-order chi connectivity index (χ0) is 17.4. The summed E-state index contributed by atoms with van der Waals surface area (Å²) in [5.41, 5.74) is 2.54. The molecule has 2 aromatic carbocycles. The number of benzene rings is 2. The minimum atomic E-state index is -0.163. The molecule has 1 unspecified atom stereocenters. The maximum atomic E-state index is 12.3. The van der Waals surface area contributed by atoms with E-state index in [0.29, 0.717) is 17.3 Å². The highest BCUT2D eigenvalue weighted by Crippen LogP contribution is 2.41. The Hall–Kier alpha value is -2.79. The Morgan fingerprint density at radius 3 is 2.76 bits per heavy atom. The van der Waals surface area contributed by atoms with Gasteiger partial charge >= 0.3 is 0 Å². The van der Waals surface area contributed by atoms with E-state index in [1.807, 2.05) is 53.1 Å². The lowest BCUT2D eigenvalue weighted by Crippen LogP contribution is -2.25. The SMILES string of the molecule is COc1ccccc1C1CC(=O)Nc2c1ncn2-c1ccccc1Cl. The second kappa shape index (κ2) is 6.26. The summed E-state index contributed by atoms with van der Waals surface area (Å²) in [7, 11) is 1.63. The second-order valence-electron chi connectivity index (χ2n) is 5.85. The Morgan fingerprint density at radius 2 is 1.96 bits per heavy atom. The Balaban J connectivity index is 1.86. The number of methoxy groups -OCH3 is 1. The van der Waals surface area contributed by atoms with Crippen molar-refractivity contribution in [3.8, 4) is 11.4 Å². The predicted octanol–water partition coefficient (Wildman–Crippen LogP) is 4.01. The fourth-order valence-corrected chi connectivity index (χ4v) is 3.47. The lowest BCUT2D eigenvalue weighted by atomic mass is 9.89. The third kappa shape index (κ3) is 2.66. The van der Waals surface area contributed by atoms with E-state index in [0.717, 1.165) is 22.7 Å². The van der Waals surface area contributed by atoms with E-state index < -0.39 is 0 Å². The highest BCUT2D eigenvalue weighted by molar-refractivity contribution is 6.32. The van der Waals surface area contributed by atoms with Gasteiger partial charge in [-0.1, -0.05) is 41.9 Å². The predicted molar refractivity (Wildman–Crippen MR) is 96.7 cm³/mol. The number of amides is 1. The molecule has 126 valence electrons. The first-order chi connectivity index (χ1) is 12.2. The van der Waals surface area contributed by atoms with Crippen LogP contribution in [0.2, 0.25) is 5.02 Å². The van der Waals surface area contributed by atoms with Crippen LogP contribution in [0.1, 0.15) is 23.6 Å². The first-order valence-electron chi connectivity index (χ1n) is 7.94. The summed E-state index contributed by atoms with van der Waals surface area (Å²) in [6.45, 7) is 0. The number of aromatic nitrogens is 2. The average Bonchev–Trinajstić information content (AvgIpc) is 3.05. The highest BCUT2D eigenvalue weighted by Gasteiger charge is 2.32. The molecular weight excluding hydrogens is 338 g/mol. The van der Waals surface area contributed by atoms with Crippen LogP contribution in [0.15, 0.2) is 54.9 Å². The van der Waals surface area contributed by atoms with Gasteiger partial charge in [0, 0.05) is 17.9 Å². The van der Waals surface area contributed by atoms with Crippen molar-refractivity contribution in [2.24, 2.45) is 0 Å². The summed E-state index contributed by atoms with van der Waals surface area (Å²) in [5, 5.41) is 3.53. The van der Waals surface area contributed by atoms with Crippen molar-refractivity contribution in [2.75, 3.05) is 12.4 Å². The molecule has 0 bridgehead atoms. The number of fused-ring (bicyclic) bond motifs is 1. The zero-order valence-electron chi connectivity index (χ0n) is 13.6. The molecule has 1 amide bonds. The van der Waals surface area contributed by atoms with Crippen LogP contribution in [0.4, 0.5) is 5.82 Å². The number of carbonyl (C=O) groups is 1. The normalized spacial score (nSPS) is 16.2. The van der Waals surface area contributed by atoms with Crippen LogP contribution in [0.25, 0.3) is 5.69 Å². The molecular formula is C19H16ClN3O2. The molecule has 25 heavy (non-hydrogen) atoms. The lowest BCUT2D eigenvalue weighted by Gasteiger charge is -2.24. The summed E-state index contributed by atoms with van der Waals surface area (Å²) >= 11 is 6.31. The number of halogens is 1. The van der Waals surface area contributed by atoms with Gasteiger partial charge in [0.05, 0.1) is 23.5 Å². The zero-order valence-corrected chi connectivity index (χ0v) is 14.3. The van der Waals surface area contributed by atoms with Gasteiger partial charge in [0.15, 0.2) is 0 Å². The Kier molecular flexibility index (Phi) is 3.93. The van der Waals surface area contributed by atoms with Crippen LogP contribution in [-0.2, 0) is 4.79 Å². The summed E-state index contributed by atoms with van der Waals surface area (Å²) in [6.07, 6.45) is 2.02. The number of ether oxygens (including phenoxy) is 1. The summed E-state index contributed by atoms with van der Waals surface area (Å²) < 4.78 is 7.29. The molecule has 1 atom stereocenters. The van der Waals surface area contributed by atoms with Crippen molar-refractivity contribution in [3.63, 3.8) is 0 Å². The van der Waals surface area contributed by atoms with Crippen LogP contribution in [0, 0.1) is 0 Å². The van der Waals surface area contributed by atoms with Gasteiger partial charge in [0.25, 0.3) is 0 Å². The molecule has 0 fully saturated rings. The molecule has 2 heterocycles. The third-order valence-electron chi connectivity index (χ3n) is 4.40. The summed E-state index contributed by atoms with van der Waals surface area (Å²) in [4.78, 5) is 16.9. The molecule has 1 aliphatic rings. The van der Waals surface area contributed by atoms with Crippen LogP contribution >= 0.6 is 11.6 Å². The monoisotopic (exact) mass is 353 g/mol.